The van der Waals surface area contributed by atoms with Crippen LogP contribution in [0.3, 0.4) is 0 Å². The van der Waals surface area contributed by atoms with Gasteiger partial charge in [-0.25, -0.2) is 4.39 Å². The smallest absolute Gasteiger partial charge is 0.126 e. The first-order chi connectivity index (χ1) is 8.33. The largest absolute Gasteiger partial charge is 0.317 e. The number of piperidine rings is 1. The highest BCUT2D eigenvalue weighted by atomic mass is 19.1. The first-order valence-corrected chi connectivity index (χ1v) is 6.82. The highest BCUT2D eigenvalue weighted by molar-refractivity contribution is 5.30. The quantitative estimate of drug-likeness (QED) is 0.845. The van der Waals surface area contributed by atoms with E-state index < -0.39 is 0 Å². The highest BCUT2D eigenvalue weighted by Crippen LogP contribution is 2.41. The Morgan fingerprint density at radius 3 is 2.53 bits per heavy atom. The maximum Gasteiger partial charge on any atom is 0.126 e. The minimum absolute atomic E-state index is 0.0268. The summed E-state index contributed by atoms with van der Waals surface area (Å²) in [5.41, 5.74) is 2.12. The Morgan fingerprint density at radius 2 is 1.88 bits per heavy atom. The van der Waals surface area contributed by atoms with E-state index in [4.69, 9.17) is 0 Å². The summed E-state index contributed by atoms with van der Waals surface area (Å²) >= 11 is 0. The van der Waals surface area contributed by atoms with Crippen LogP contribution in [0.4, 0.5) is 4.39 Å². The maximum absolute atomic E-state index is 13.9. The van der Waals surface area contributed by atoms with Gasteiger partial charge in [-0.15, -0.1) is 0 Å². The zero-order chi connectivity index (χ0) is 11.7. The van der Waals surface area contributed by atoms with Gasteiger partial charge in [-0.05, 0) is 74.2 Å². The summed E-state index contributed by atoms with van der Waals surface area (Å²) < 4.78 is 13.9. The zero-order valence-electron chi connectivity index (χ0n) is 10.2. The number of hydrogen-bond donors (Lipinski definition) is 1. The normalized spacial score (nSPS) is 21.7. The van der Waals surface area contributed by atoms with Crippen LogP contribution in [0.25, 0.3) is 0 Å². The van der Waals surface area contributed by atoms with Crippen LogP contribution >= 0.6 is 0 Å². The van der Waals surface area contributed by atoms with Gasteiger partial charge in [0.1, 0.15) is 5.82 Å². The molecule has 0 spiro atoms. The minimum atomic E-state index is 0.0268. The van der Waals surface area contributed by atoms with E-state index in [9.17, 15) is 4.39 Å². The molecule has 1 aromatic carbocycles. The van der Waals surface area contributed by atoms with E-state index in [1.807, 2.05) is 6.07 Å². The molecule has 92 valence electrons. The summed E-state index contributed by atoms with van der Waals surface area (Å²) in [6.45, 7) is 2.24. The molecular weight excluding hydrogens is 213 g/mol. The van der Waals surface area contributed by atoms with Crippen molar-refractivity contribution >= 4 is 0 Å². The van der Waals surface area contributed by atoms with Gasteiger partial charge >= 0.3 is 0 Å². The molecule has 1 aliphatic carbocycles. The van der Waals surface area contributed by atoms with Gasteiger partial charge < -0.3 is 5.32 Å². The van der Waals surface area contributed by atoms with Gasteiger partial charge in [0.25, 0.3) is 0 Å². The van der Waals surface area contributed by atoms with Crippen molar-refractivity contribution < 1.29 is 4.39 Å². The average molecular weight is 233 g/mol. The first-order valence-electron chi connectivity index (χ1n) is 6.82. The van der Waals surface area contributed by atoms with Crippen molar-refractivity contribution in [2.75, 3.05) is 13.1 Å². The summed E-state index contributed by atoms with van der Waals surface area (Å²) in [6, 6.07) is 5.93. The minimum Gasteiger partial charge on any atom is -0.317 e. The van der Waals surface area contributed by atoms with Gasteiger partial charge in [0, 0.05) is 0 Å². The Hall–Kier alpha value is -0.890. The second kappa shape index (κ2) is 4.77. The molecule has 2 heteroatoms. The van der Waals surface area contributed by atoms with Crippen LogP contribution in [0.1, 0.15) is 42.7 Å². The van der Waals surface area contributed by atoms with E-state index in [1.165, 1.54) is 31.2 Å². The molecule has 1 aromatic rings. The third-order valence-electron chi connectivity index (χ3n) is 4.07. The fraction of sp³-hybridized carbons (Fsp3) is 0.600. The summed E-state index contributed by atoms with van der Waals surface area (Å²) in [5, 5.41) is 3.37. The molecule has 2 fully saturated rings. The molecule has 0 aromatic heterocycles. The highest BCUT2D eigenvalue weighted by Gasteiger charge is 2.26. The third kappa shape index (κ3) is 2.68. The van der Waals surface area contributed by atoms with E-state index >= 15 is 0 Å². The van der Waals surface area contributed by atoms with E-state index in [-0.39, 0.29) is 5.82 Å². The van der Waals surface area contributed by atoms with Crippen molar-refractivity contribution in [1.82, 2.24) is 5.32 Å². The summed E-state index contributed by atoms with van der Waals surface area (Å²) in [4.78, 5) is 0. The second-order valence-corrected chi connectivity index (χ2v) is 5.53. The van der Waals surface area contributed by atoms with Gasteiger partial charge in [-0.2, -0.15) is 0 Å². The Morgan fingerprint density at radius 1 is 1.12 bits per heavy atom. The van der Waals surface area contributed by atoms with Crippen molar-refractivity contribution in [1.29, 1.82) is 0 Å². The molecule has 17 heavy (non-hydrogen) atoms. The molecule has 2 aliphatic rings. The molecule has 1 saturated heterocycles. The maximum atomic E-state index is 13.9. The van der Waals surface area contributed by atoms with Gasteiger partial charge in [-0.1, -0.05) is 12.1 Å². The number of nitrogens with one attached hydrogen (secondary N) is 1. The predicted octanol–water partition coefficient (Wildman–Crippen LogP) is 3.25. The molecule has 3 rings (SSSR count). The average Bonchev–Trinajstić information content (AvgIpc) is 3.15. The SMILES string of the molecule is Fc1cc(CC2CCNCC2)ccc1C1CC1. The molecule has 1 N–H and O–H groups in total. The lowest BCUT2D eigenvalue weighted by Gasteiger charge is -2.22. The second-order valence-electron chi connectivity index (χ2n) is 5.53. The van der Waals surface area contributed by atoms with Crippen molar-refractivity contribution in [3.05, 3.63) is 35.1 Å². The van der Waals surface area contributed by atoms with E-state index in [2.05, 4.69) is 11.4 Å². The van der Waals surface area contributed by atoms with Crippen LogP contribution < -0.4 is 5.32 Å². The van der Waals surface area contributed by atoms with Crippen molar-refractivity contribution in [3.8, 4) is 0 Å². The Bertz CT molecular complexity index is 392. The molecule has 0 atom stereocenters. The topological polar surface area (TPSA) is 12.0 Å². The van der Waals surface area contributed by atoms with E-state index in [1.54, 1.807) is 6.07 Å². The van der Waals surface area contributed by atoms with Crippen LogP contribution in [-0.4, -0.2) is 13.1 Å². The molecule has 0 bridgehead atoms. The summed E-state index contributed by atoms with van der Waals surface area (Å²) in [6.07, 6.45) is 5.84. The van der Waals surface area contributed by atoms with Crippen LogP contribution in [-0.2, 0) is 6.42 Å². The number of halogens is 1. The fourth-order valence-electron chi connectivity index (χ4n) is 2.84. The van der Waals surface area contributed by atoms with Gasteiger partial charge in [-0.3, -0.25) is 0 Å². The van der Waals surface area contributed by atoms with Crippen LogP contribution in [0, 0.1) is 11.7 Å². The van der Waals surface area contributed by atoms with Crippen molar-refractivity contribution in [3.63, 3.8) is 0 Å². The van der Waals surface area contributed by atoms with E-state index in [0.29, 0.717) is 5.92 Å². The molecule has 1 saturated carbocycles. The third-order valence-corrected chi connectivity index (χ3v) is 4.07. The van der Waals surface area contributed by atoms with Gasteiger partial charge in [0.2, 0.25) is 0 Å². The lowest BCUT2D eigenvalue weighted by Crippen LogP contribution is -2.28. The number of rotatable bonds is 3. The standard InChI is InChI=1S/C15H20FN/c16-15-10-12(1-4-14(15)13-2-3-13)9-11-5-7-17-8-6-11/h1,4,10-11,13,17H,2-3,5-9H2. The van der Waals surface area contributed by atoms with Crippen molar-refractivity contribution in [2.24, 2.45) is 5.92 Å². The molecular formula is C15H20FN. The molecule has 1 nitrogen and oxygen atoms in total. The Balaban J connectivity index is 1.68. The van der Waals surface area contributed by atoms with Crippen LogP contribution in [0.2, 0.25) is 0 Å². The first kappa shape index (κ1) is 11.2. The lowest BCUT2D eigenvalue weighted by atomic mass is 9.90. The van der Waals surface area contributed by atoms with E-state index in [0.717, 1.165) is 31.0 Å². The molecule has 0 radical (unpaired) electrons. The Kier molecular flexibility index (Phi) is 3.15. The van der Waals surface area contributed by atoms with Crippen LogP contribution in [0.15, 0.2) is 18.2 Å². The summed E-state index contributed by atoms with van der Waals surface area (Å²) in [7, 11) is 0. The molecule has 0 amide bonds. The summed E-state index contributed by atoms with van der Waals surface area (Å²) in [5.74, 6) is 1.28. The number of benzene rings is 1. The molecule has 1 aliphatic heterocycles. The Labute approximate surface area is 102 Å². The monoisotopic (exact) mass is 233 g/mol. The fourth-order valence-corrected chi connectivity index (χ4v) is 2.84. The van der Waals surface area contributed by atoms with Gasteiger partial charge in [0.15, 0.2) is 0 Å². The molecule has 1 heterocycles. The predicted molar refractivity (Wildman–Crippen MR) is 67.7 cm³/mol. The van der Waals surface area contributed by atoms with Crippen molar-refractivity contribution in [2.45, 2.75) is 38.0 Å². The lowest BCUT2D eigenvalue weighted by molar-refractivity contribution is 0.372. The van der Waals surface area contributed by atoms with Crippen LogP contribution in [0.5, 0.6) is 0 Å². The molecule has 0 unspecified atom stereocenters. The number of hydrogen-bond acceptors (Lipinski definition) is 1. The zero-order valence-corrected chi connectivity index (χ0v) is 10.2. The van der Waals surface area contributed by atoms with Gasteiger partial charge in [0.05, 0.1) is 0 Å².